The van der Waals surface area contributed by atoms with Crippen molar-refractivity contribution in [3.63, 3.8) is 0 Å². The molecule has 0 aromatic heterocycles. The number of carbonyl (C=O) groups is 3. The minimum Gasteiger partial charge on any atom is -0.326 e. The summed E-state index contributed by atoms with van der Waals surface area (Å²) < 4.78 is 0. The summed E-state index contributed by atoms with van der Waals surface area (Å²) in [4.78, 5) is 35.4. The molecule has 0 aliphatic heterocycles. The maximum Gasteiger partial charge on any atom is 0.228 e. The molecule has 0 spiro atoms. The molecule has 3 rings (SSSR count). The van der Waals surface area contributed by atoms with Gasteiger partial charge in [0.15, 0.2) is 0 Å². The average molecular weight is 337 g/mol. The molecule has 3 N–H and O–H groups in total. The van der Waals surface area contributed by atoms with Crippen molar-refractivity contribution in [2.45, 2.75) is 13.3 Å². The Balaban J connectivity index is 1.51. The van der Waals surface area contributed by atoms with E-state index < -0.39 is 0 Å². The maximum absolute atomic E-state index is 12.2. The van der Waals surface area contributed by atoms with E-state index in [2.05, 4.69) is 16.0 Å². The van der Waals surface area contributed by atoms with E-state index in [4.69, 9.17) is 0 Å². The standard InChI is InChI=1S/C19H19N3O3/c1-12(23)20-14-7-9-15(10-8-14)22-19(25)17-11-16(17)18(24)21-13-5-3-2-4-6-13/h2-10,16-17H,11H2,1H3,(H,20,23)(H,21,24)(H,22,25). The molecule has 1 aliphatic rings. The third-order valence-electron chi connectivity index (χ3n) is 3.98. The molecule has 6 heteroatoms. The number of hydrogen-bond acceptors (Lipinski definition) is 3. The van der Waals surface area contributed by atoms with Crippen molar-refractivity contribution in [2.75, 3.05) is 16.0 Å². The summed E-state index contributed by atoms with van der Waals surface area (Å²) in [5, 5.41) is 8.28. The largest absolute Gasteiger partial charge is 0.326 e. The summed E-state index contributed by atoms with van der Waals surface area (Å²) in [6.07, 6.45) is 0.550. The second-order valence-corrected chi connectivity index (χ2v) is 6.05. The van der Waals surface area contributed by atoms with Crippen molar-refractivity contribution in [3.05, 3.63) is 54.6 Å². The van der Waals surface area contributed by atoms with Gasteiger partial charge in [-0.1, -0.05) is 18.2 Å². The number of carbonyl (C=O) groups excluding carboxylic acids is 3. The van der Waals surface area contributed by atoms with Crippen LogP contribution < -0.4 is 16.0 Å². The third-order valence-corrected chi connectivity index (χ3v) is 3.98. The molecular weight excluding hydrogens is 318 g/mol. The van der Waals surface area contributed by atoms with Crippen LogP contribution in [0.2, 0.25) is 0 Å². The second kappa shape index (κ2) is 7.17. The minimum absolute atomic E-state index is 0.132. The molecule has 2 unspecified atom stereocenters. The van der Waals surface area contributed by atoms with Gasteiger partial charge in [0.2, 0.25) is 17.7 Å². The van der Waals surface area contributed by atoms with E-state index in [-0.39, 0.29) is 29.6 Å². The lowest BCUT2D eigenvalue weighted by atomic mass is 10.2. The Bertz CT molecular complexity index is 787. The lowest BCUT2D eigenvalue weighted by Crippen LogP contribution is -2.20. The molecule has 3 amide bonds. The fourth-order valence-electron chi connectivity index (χ4n) is 2.61. The van der Waals surface area contributed by atoms with Crippen LogP contribution in [0.5, 0.6) is 0 Å². The van der Waals surface area contributed by atoms with Gasteiger partial charge in [0.05, 0.1) is 11.8 Å². The quantitative estimate of drug-likeness (QED) is 0.784. The van der Waals surface area contributed by atoms with Crippen LogP contribution in [0.25, 0.3) is 0 Å². The first kappa shape index (κ1) is 16.7. The molecule has 1 fully saturated rings. The van der Waals surface area contributed by atoms with Gasteiger partial charge in [-0.15, -0.1) is 0 Å². The van der Waals surface area contributed by atoms with Crippen molar-refractivity contribution in [2.24, 2.45) is 11.8 Å². The molecule has 0 radical (unpaired) electrons. The fraction of sp³-hybridized carbons (Fsp3) is 0.211. The van der Waals surface area contributed by atoms with Crippen LogP contribution in [-0.2, 0) is 14.4 Å². The van der Waals surface area contributed by atoms with Crippen molar-refractivity contribution in [3.8, 4) is 0 Å². The number of anilines is 3. The fourth-order valence-corrected chi connectivity index (χ4v) is 2.61. The highest BCUT2D eigenvalue weighted by Crippen LogP contribution is 2.40. The summed E-state index contributed by atoms with van der Waals surface area (Å²) in [6.45, 7) is 1.43. The Morgan fingerprint density at radius 2 is 1.16 bits per heavy atom. The SMILES string of the molecule is CC(=O)Nc1ccc(NC(=O)C2CC2C(=O)Nc2ccccc2)cc1. The van der Waals surface area contributed by atoms with E-state index in [1.807, 2.05) is 30.3 Å². The van der Waals surface area contributed by atoms with E-state index in [0.29, 0.717) is 17.8 Å². The van der Waals surface area contributed by atoms with E-state index in [0.717, 1.165) is 5.69 Å². The molecule has 2 aromatic rings. The second-order valence-electron chi connectivity index (χ2n) is 6.05. The Morgan fingerprint density at radius 1 is 0.720 bits per heavy atom. The lowest BCUT2D eigenvalue weighted by molar-refractivity contribution is -0.122. The number of amides is 3. The van der Waals surface area contributed by atoms with Gasteiger partial charge in [-0.05, 0) is 42.8 Å². The zero-order valence-corrected chi connectivity index (χ0v) is 13.8. The van der Waals surface area contributed by atoms with E-state index in [1.54, 1.807) is 24.3 Å². The van der Waals surface area contributed by atoms with Crippen molar-refractivity contribution in [1.29, 1.82) is 0 Å². The lowest BCUT2D eigenvalue weighted by Gasteiger charge is -2.07. The number of benzene rings is 2. The van der Waals surface area contributed by atoms with E-state index in [1.165, 1.54) is 6.92 Å². The van der Waals surface area contributed by atoms with Gasteiger partial charge in [-0.3, -0.25) is 14.4 Å². The summed E-state index contributed by atoms with van der Waals surface area (Å²) in [6, 6.07) is 16.0. The Morgan fingerprint density at radius 3 is 1.64 bits per heavy atom. The predicted molar refractivity (Wildman–Crippen MR) is 96.0 cm³/mol. The van der Waals surface area contributed by atoms with Gasteiger partial charge in [0, 0.05) is 24.0 Å². The van der Waals surface area contributed by atoms with Crippen LogP contribution in [0.15, 0.2) is 54.6 Å². The molecule has 1 aliphatic carbocycles. The minimum atomic E-state index is -0.307. The molecule has 0 bridgehead atoms. The summed E-state index contributed by atoms with van der Waals surface area (Å²) >= 11 is 0. The molecule has 128 valence electrons. The van der Waals surface area contributed by atoms with Crippen LogP contribution in [0, 0.1) is 11.8 Å². The van der Waals surface area contributed by atoms with Crippen LogP contribution in [0.1, 0.15) is 13.3 Å². The molecule has 2 aromatic carbocycles. The molecule has 1 saturated carbocycles. The van der Waals surface area contributed by atoms with Gasteiger partial charge >= 0.3 is 0 Å². The summed E-state index contributed by atoms with van der Waals surface area (Å²) in [5.41, 5.74) is 2.03. The molecule has 0 saturated heterocycles. The van der Waals surface area contributed by atoms with Crippen LogP contribution >= 0.6 is 0 Å². The van der Waals surface area contributed by atoms with Gasteiger partial charge in [-0.2, -0.15) is 0 Å². The Hall–Kier alpha value is -3.15. The monoisotopic (exact) mass is 337 g/mol. The smallest absolute Gasteiger partial charge is 0.228 e. The topological polar surface area (TPSA) is 87.3 Å². The third kappa shape index (κ3) is 4.44. The van der Waals surface area contributed by atoms with Crippen LogP contribution in [-0.4, -0.2) is 17.7 Å². The van der Waals surface area contributed by atoms with Gasteiger partial charge < -0.3 is 16.0 Å². The van der Waals surface area contributed by atoms with Crippen LogP contribution in [0.4, 0.5) is 17.1 Å². The van der Waals surface area contributed by atoms with Crippen LogP contribution in [0.3, 0.4) is 0 Å². The number of rotatable bonds is 5. The molecular formula is C19H19N3O3. The van der Waals surface area contributed by atoms with E-state index in [9.17, 15) is 14.4 Å². The molecule has 6 nitrogen and oxygen atoms in total. The average Bonchev–Trinajstić information content (AvgIpc) is 3.38. The summed E-state index contributed by atoms with van der Waals surface area (Å²) in [5.74, 6) is -1.05. The molecule has 25 heavy (non-hydrogen) atoms. The van der Waals surface area contributed by atoms with Gasteiger partial charge in [-0.25, -0.2) is 0 Å². The first-order valence-electron chi connectivity index (χ1n) is 8.07. The summed E-state index contributed by atoms with van der Waals surface area (Å²) in [7, 11) is 0. The van der Waals surface area contributed by atoms with Gasteiger partial charge in [0.25, 0.3) is 0 Å². The highest BCUT2D eigenvalue weighted by Gasteiger charge is 2.48. The molecule has 0 heterocycles. The number of hydrogen-bond donors (Lipinski definition) is 3. The van der Waals surface area contributed by atoms with E-state index >= 15 is 0 Å². The predicted octanol–water partition coefficient (Wildman–Crippen LogP) is 2.86. The number of para-hydroxylation sites is 1. The number of nitrogens with one attached hydrogen (secondary N) is 3. The van der Waals surface area contributed by atoms with Crippen molar-refractivity contribution < 1.29 is 14.4 Å². The first-order valence-corrected chi connectivity index (χ1v) is 8.07. The van der Waals surface area contributed by atoms with Crippen molar-refractivity contribution >= 4 is 34.8 Å². The highest BCUT2D eigenvalue weighted by molar-refractivity contribution is 6.03. The zero-order chi connectivity index (χ0) is 17.8. The zero-order valence-electron chi connectivity index (χ0n) is 13.8. The van der Waals surface area contributed by atoms with Gasteiger partial charge in [0.1, 0.15) is 0 Å². The van der Waals surface area contributed by atoms with Crippen molar-refractivity contribution in [1.82, 2.24) is 0 Å². The first-order chi connectivity index (χ1) is 12.0. The molecule has 2 atom stereocenters. The highest BCUT2D eigenvalue weighted by atomic mass is 16.2. The Kier molecular flexibility index (Phi) is 4.79. The Labute approximate surface area is 145 Å². The normalized spacial score (nSPS) is 18.1. The maximum atomic E-state index is 12.2.